The molecule has 0 unspecified atom stereocenters. The first-order valence-corrected chi connectivity index (χ1v) is 7.27. The molecule has 0 bridgehead atoms. The van der Waals surface area contributed by atoms with Gasteiger partial charge in [0.15, 0.2) is 11.8 Å². The van der Waals surface area contributed by atoms with Crippen molar-refractivity contribution in [1.82, 2.24) is 15.1 Å². The number of aromatic nitrogens is 4. The van der Waals surface area contributed by atoms with Crippen molar-refractivity contribution in [3.8, 4) is 5.75 Å². The molecule has 2 heterocycles. The zero-order chi connectivity index (χ0) is 14.7. The Bertz CT molecular complexity index is 639. The van der Waals surface area contributed by atoms with Crippen LogP contribution in [0, 0.1) is 0 Å². The van der Waals surface area contributed by atoms with Crippen LogP contribution in [0.4, 0.5) is 0 Å². The first-order valence-electron chi connectivity index (χ1n) is 7.27. The Morgan fingerprint density at radius 1 is 1.27 bits per heavy atom. The quantitative estimate of drug-likeness (QED) is 0.472. The number of tetrazole rings is 1. The number of halogens is 1. The number of carbonyl (C=O) groups is 1. The van der Waals surface area contributed by atoms with Gasteiger partial charge >= 0.3 is 0 Å². The third kappa shape index (κ3) is 3.52. The number of ether oxygens (including phenoxy) is 1. The second-order valence-corrected chi connectivity index (χ2v) is 5.24. The Kier molecular flexibility index (Phi) is 5.65. The monoisotopic (exact) mass is 366 g/mol. The number of fused-ring (bicyclic) bond motifs is 1. The maximum Gasteiger partial charge on any atom is 0.257 e. The Morgan fingerprint density at radius 2 is 2.05 bits per heavy atom. The van der Waals surface area contributed by atoms with E-state index in [2.05, 4.69) is 10.4 Å². The minimum atomic E-state index is 0. The van der Waals surface area contributed by atoms with Gasteiger partial charge in [0.2, 0.25) is 5.78 Å². The van der Waals surface area contributed by atoms with Crippen molar-refractivity contribution >= 4 is 5.78 Å². The van der Waals surface area contributed by atoms with E-state index >= 15 is 0 Å². The first-order chi connectivity index (χ1) is 10.3. The lowest BCUT2D eigenvalue weighted by Gasteiger charge is -2.01. The molecule has 0 saturated carbocycles. The van der Waals surface area contributed by atoms with Crippen LogP contribution in [0.25, 0.3) is 0 Å². The van der Waals surface area contributed by atoms with E-state index in [0.29, 0.717) is 5.56 Å². The van der Waals surface area contributed by atoms with Crippen LogP contribution >= 0.6 is 0 Å². The van der Waals surface area contributed by atoms with Crippen molar-refractivity contribution in [2.24, 2.45) is 0 Å². The molecule has 1 aromatic carbocycles. The average molecular weight is 367 g/mol. The van der Waals surface area contributed by atoms with E-state index in [-0.39, 0.29) is 29.3 Å². The third-order valence-electron chi connectivity index (χ3n) is 3.83. The summed E-state index contributed by atoms with van der Waals surface area (Å²) in [6, 6.07) is 7.15. The highest BCUT2D eigenvalue weighted by Gasteiger charge is 2.24. The highest BCUT2D eigenvalue weighted by atomic mass is 79.9. The zero-order valence-electron chi connectivity index (χ0n) is 12.5. The van der Waals surface area contributed by atoms with E-state index in [1.54, 1.807) is 36.1 Å². The maximum absolute atomic E-state index is 12.3. The van der Waals surface area contributed by atoms with Gasteiger partial charge in [0.1, 0.15) is 11.0 Å². The van der Waals surface area contributed by atoms with Crippen molar-refractivity contribution in [2.45, 2.75) is 38.8 Å². The van der Waals surface area contributed by atoms with Crippen LogP contribution in [-0.4, -0.2) is 28.0 Å². The molecule has 1 aliphatic rings. The smallest absolute Gasteiger partial charge is 0.257 e. The predicted molar refractivity (Wildman–Crippen MR) is 75.1 cm³/mol. The number of carbonyl (C=O) groups excluding carboxylic acids is 1. The molecule has 0 saturated heterocycles. The summed E-state index contributed by atoms with van der Waals surface area (Å²) >= 11 is 0. The Hall–Kier alpha value is -1.76. The highest BCUT2D eigenvalue weighted by molar-refractivity contribution is 5.95. The van der Waals surface area contributed by atoms with Gasteiger partial charge < -0.3 is 21.7 Å². The number of Topliss-reactive ketones (excluding diaryl/α,β-unsaturated/α-hetero) is 1. The summed E-state index contributed by atoms with van der Waals surface area (Å²) in [6.07, 6.45) is 4.39. The molecule has 7 heteroatoms. The lowest BCUT2D eigenvalue weighted by molar-refractivity contribution is -0.760. The molecule has 2 aromatic rings. The summed E-state index contributed by atoms with van der Waals surface area (Å²) in [4.78, 5) is 12.3. The molecule has 0 fully saturated rings. The first kappa shape index (κ1) is 16.6. The van der Waals surface area contributed by atoms with Crippen LogP contribution < -0.4 is 26.4 Å². The van der Waals surface area contributed by atoms with Gasteiger partial charge in [-0.1, -0.05) is 4.68 Å². The molecule has 22 heavy (non-hydrogen) atoms. The molecule has 118 valence electrons. The standard InChI is InChI=1S/C15H19N4O2.BrH/c1-21-13-8-6-12(7-9-13)14(20)11-19-15-5-3-2-4-10-18(15)16-17-19;/h6-9H,2-5,10-11H2,1H3;1H/q+1;/p-1. The summed E-state index contributed by atoms with van der Waals surface area (Å²) in [5.41, 5.74) is 0.665. The fourth-order valence-corrected chi connectivity index (χ4v) is 2.61. The predicted octanol–water partition coefficient (Wildman–Crippen LogP) is -1.81. The SMILES string of the molecule is COc1ccc(C(=O)Cn2nn[n+]3c2CCCCC3)cc1.[Br-]. The molecule has 0 aliphatic carbocycles. The molecule has 0 amide bonds. The minimum Gasteiger partial charge on any atom is -1.00 e. The summed E-state index contributed by atoms with van der Waals surface area (Å²) in [5, 5.41) is 8.27. The second-order valence-electron chi connectivity index (χ2n) is 5.24. The van der Waals surface area contributed by atoms with E-state index in [4.69, 9.17) is 4.74 Å². The van der Waals surface area contributed by atoms with E-state index in [9.17, 15) is 4.79 Å². The number of rotatable bonds is 4. The van der Waals surface area contributed by atoms with Crippen LogP contribution in [0.2, 0.25) is 0 Å². The van der Waals surface area contributed by atoms with Crippen LogP contribution in [0.1, 0.15) is 35.4 Å². The molecule has 0 atom stereocenters. The van der Waals surface area contributed by atoms with Gasteiger partial charge in [-0.15, -0.1) is 4.68 Å². The Labute approximate surface area is 139 Å². The molecule has 0 radical (unpaired) electrons. The molecule has 0 spiro atoms. The van der Waals surface area contributed by atoms with E-state index < -0.39 is 0 Å². The van der Waals surface area contributed by atoms with Crippen molar-refractivity contribution in [3.63, 3.8) is 0 Å². The molecular formula is C15H19BrN4O2. The van der Waals surface area contributed by atoms with Gasteiger partial charge in [-0.05, 0) is 43.5 Å². The Balaban J connectivity index is 0.00000176. The third-order valence-corrected chi connectivity index (χ3v) is 3.83. The highest BCUT2D eigenvalue weighted by Crippen LogP contribution is 2.13. The maximum atomic E-state index is 12.3. The van der Waals surface area contributed by atoms with E-state index in [1.165, 1.54) is 6.42 Å². The molecule has 6 nitrogen and oxygen atoms in total. The largest absolute Gasteiger partial charge is 1.00 e. The zero-order valence-corrected chi connectivity index (χ0v) is 14.1. The van der Waals surface area contributed by atoms with Crippen molar-refractivity contribution < 1.29 is 31.2 Å². The van der Waals surface area contributed by atoms with Crippen molar-refractivity contribution in [3.05, 3.63) is 35.7 Å². The fraction of sp³-hybridized carbons (Fsp3) is 0.467. The summed E-state index contributed by atoms with van der Waals surface area (Å²) < 4.78 is 8.76. The molecular weight excluding hydrogens is 348 g/mol. The molecule has 3 rings (SSSR count). The van der Waals surface area contributed by atoms with Crippen LogP contribution in [0.15, 0.2) is 24.3 Å². The second kappa shape index (κ2) is 7.49. The van der Waals surface area contributed by atoms with Crippen molar-refractivity contribution in [1.29, 1.82) is 0 Å². The number of methoxy groups -OCH3 is 1. The normalized spacial score (nSPS) is 13.7. The Morgan fingerprint density at radius 3 is 2.77 bits per heavy atom. The fourth-order valence-electron chi connectivity index (χ4n) is 2.61. The molecule has 1 aliphatic heterocycles. The molecule has 0 N–H and O–H groups in total. The average Bonchev–Trinajstić information content (AvgIpc) is 2.75. The van der Waals surface area contributed by atoms with Crippen LogP contribution in [0.5, 0.6) is 5.75 Å². The number of ketones is 1. The van der Waals surface area contributed by atoms with Gasteiger partial charge in [0, 0.05) is 12.0 Å². The summed E-state index contributed by atoms with van der Waals surface area (Å²) in [5.74, 6) is 1.83. The van der Waals surface area contributed by atoms with Crippen LogP contribution in [-0.2, 0) is 19.5 Å². The number of aryl methyl sites for hydroxylation is 1. The topological polar surface area (TPSA) is 60.9 Å². The summed E-state index contributed by atoms with van der Waals surface area (Å²) in [7, 11) is 1.61. The molecule has 1 aromatic heterocycles. The number of nitrogens with zero attached hydrogens (tertiary/aromatic N) is 4. The number of hydrogen-bond donors (Lipinski definition) is 0. The minimum absolute atomic E-state index is 0. The van der Waals surface area contributed by atoms with Crippen LogP contribution in [0.3, 0.4) is 0 Å². The van der Waals surface area contributed by atoms with Gasteiger partial charge in [0.05, 0.1) is 13.7 Å². The van der Waals surface area contributed by atoms with Gasteiger partial charge in [-0.2, -0.15) is 0 Å². The van der Waals surface area contributed by atoms with Gasteiger partial charge in [-0.25, -0.2) is 0 Å². The lowest BCUT2D eigenvalue weighted by Crippen LogP contribution is -3.00. The van der Waals surface area contributed by atoms with Crippen molar-refractivity contribution in [2.75, 3.05) is 7.11 Å². The van der Waals surface area contributed by atoms with Gasteiger partial charge in [0.25, 0.3) is 5.82 Å². The van der Waals surface area contributed by atoms with E-state index in [1.807, 2.05) is 4.68 Å². The van der Waals surface area contributed by atoms with E-state index in [0.717, 1.165) is 37.4 Å². The number of benzene rings is 1. The number of hydrogen-bond acceptors (Lipinski definition) is 4. The summed E-state index contributed by atoms with van der Waals surface area (Å²) in [6.45, 7) is 1.13. The lowest BCUT2D eigenvalue weighted by atomic mass is 10.1. The van der Waals surface area contributed by atoms with Gasteiger partial charge in [-0.3, -0.25) is 4.79 Å².